The van der Waals surface area contributed by atoms with Crippen LogP contribution in [0.15, 0.2) is 0 Å². The Morgan fingerprint density at radius 3 is 2.00 bits per heavy atom. The van der Waals surface area contributed by atoms with Crippen molar-refractivity contribution < 1.29 is 4.79 Å². The fourth-order valence-corrected chi connectivity index (χ4v) is 0.712. The van der Waals surface area contributed by atoms with Crippen molar-refractivity contribution in [1.29, 1.82) is 0 Å². The summed E-state index contributed by atoms with van der Waals surface area (Å²) < 4.78 is 0. The van der Waals surface area contributed by atoms with E-state index in [0.29, 0.717) is 0 Å². The van der Waals surface area contributed by atoms with E-state index in [1.54, 1.807) is 0 Å². The second-order valence-electron chi connectivity index (χ2n) is 4.59. The van der Waals surface area contributed by atoms with Gasteiger partial charge in [-0.25, -0.2) is 0 Å². The van der Waals surface area contributed by atoms with Gasteiger partial charge in [0.2, 0.25) is 5.91 Å². The molecular weight excluding hydrogens is 174 g/mol. The molecule has 0 aliphatic rings. The lowest BCUT2D eigenvalue weighted by Crippen LogP contribution is -2.35. The van der Waals surface area contributed by atoms with E-state index >= 15 is 0 Å². The lowest BCUT2D eigenvalue weighted by molar-refractivity contribution is -0.124. The third-order valence-electron chi connectivity index (χ3n) is 1.85. The van der Waals surface area contributed by atoms with E-state index in [2.05, 4.69) is 26.1 Å². The molecule has 1 atom stereocenters. The Kier molecular flexibility index (Phi) is 8.91. The first kappa shape index (κ1) is 15.9. The van der Waals surface area contributed by atoms with Gasteiger partial charge in [-0.15, -0.1) is 0 Å². The standard InChI is InChI=1S/C10H21NO.C2H6/c1-6-8(2)9(12)11-7-10(3,4)5;1-2/h8H,6-7H2,1-5H3,(H,11,12);1-2H3/t8-;/m0./s1. The van der Waals surface area contributed by atoms with E-state index in [9.17, 15) is 4.79 Å². The number of amides is 1. The summed E-state index contributed by atoms with van der Waals surface area (Å²) >= 11 is 0. The molecule has 0 aromatic carbocycles. The predicted molar refractivity (Wildman–Crippen MR) is 63.3 cm³/mol. The van der Waals surface area contributed by atoms with Crippen LogP contribution in [0.25, 0.3) is 0 Å². The molecule has 0 aliphatic carbocycles. The monoisotopic (exact) mass is 201 g/mol. The van der Waals surface area contributed by atoms with Crippen molar-refractivity contribution in [3.8, 4) is 0 Å². The average Bonchev–Trinajstić information content (AvgIpc) is 2.15. The summed E-state index contributed by atoms with van der Waals surface area (Å²) in [5, 5.41) is 2.93. The van der Waals surface area contributed by atoms with Crippen molar-refractivity contribution in [3.05, 3.63) is 0 Å². The van der Waals surface area contributed by atoms with Crippen LogP contribution in [-0.4, -0.2) is 12.5 Å². The van der Waals surface area contributed by atoms with Gasteiger partial charge in [0.05, 0.1) is 0 Å². The maximum Gasteiger partial charge on any atom is 0.222 e. The second-order valence-corrected chi connectivity index (χ2v) is 4.59. The molecule has 0 heterocycles. The van der Waals surface area contributed by atoms with E-state index < -0.39 is 0 Å². The summed E-state index contributed by atoms with van der Waals surface area (Å²) in [4.78, 5) is 11.3. The smallest absolute Gasteiger partial charge is 0.222 e. The Labute approximate surface area is 89.5 Å². The highest BCUT2D eigenvalue weighted by Gasteiger charge is 2.14. The van der Waals surface area contributed by atoms with E-state index in [-0.39, 0.29) is 17.2 Å². The first-order valence-corrected chi connectivity index (χ1v) is 5.64. The SMILES string of the molecule is CC.CC[C@H](C)C(=O)NCC(C)(C)C. The topological polar surface area (TPSA) is 29.1 Å². The number of nitrogens with one attached hydrogen (secondary N) is 1. The molecule has 1 N–H and O–H groups in total. The lowest BCUT2D eigenvalue weighted by Gasteiger charge is -2.20. The molecule has 1 amide bonds. The zero-order valence-corrected chi connectivity index (χ0v) is 10.9. The first-order chi connectivity index (χ1) is 6.37. The molecule has 0 saturated carbocycles. The van der Waals surface area contributed by atoms with Gasteiger partial charge >= 0.3 is 0 Å². The van der Waals surface area contributed by atoms with Gasteiger partial charge < -0.3 is 5.32 Å². The molecular formula is C12H27NO. The summed E-state index contributed by atoms with van der Waals surface area (Å²) in [7, 11) is 0. The second kappa shape index (κ2) is 7.84. The van der Waals surface area contributed by atoms with Crippen LogP contribution in [0.2, 0.25) is 0 Å². The van der Waals surface area contributed by atoms with Crippen molar-refractivity contribution >= 4 is 5.91 Å². The first-order valence-electron chi connectivity index (χ1n) is 5.64. The normalized spacial score (nSPS) is 12.5. The highest BCUT2D eigenvalue weighted by atomic mass is 16.1. The number of hydrogen-bond acceptors (Lipinski definition) is 1. The Bertz CT molecular complexity index is 147. The molecule has 0 bridgehead atoms. The molecule has 0 fully saturated rings. The summed E-state index contributed by atoms with van der Waals surface area (Å²) in [5.74, 6) is 0.319. The summed E-state index contributed by atoms with van der Waals surface area (Å²) in [6, 6.07) is 0. The van der Waals surface area contributed by atoms with Crippen molar-refractivity contribution in [3.63, 3.8) is 0 Å². The highest BCUT2D eigenvalue weighted by Crippen LogP contribution is 2.11. The third kappa shape index (κ3) is 9.56. The molecule has 0 aromatic rings. The van der Waals surface area contributed by atoms with E-state index in [1.807, 2.05) is 27.7 Å². The Balaban J connectivity index is 0. The van der Waals surface area contributed by atoms with Gasteiger partial charge in [0.15, 0.2) is 0 Å². The number of hydrogen-bond donors (Lipinski definition) is 1. The highest BCUT2D eigenvalue weighted by molar-refractivity contribution is 5.78. The maximum absolute atomic E-state index is 11.3. The molecule has 0 aromatic heterocycles. The van der Waals surface area contributed by atoms with Crippen molar-refractivity contribution in [1.82, 2.24) is 5.32 Å². The van der Waals surface area contributed by atoms with Gasteiger partial charge in [0.1, 0.15) is 0 Å². The summed E-state index contributed by atoms with van der Waals surface area (Å²) in [5.41, 5.74) is 0.184. The van der Waals surface area contributed by atoms with Crippen LogP contribution < -0.4 is 5.32 Å². The van der Waals surface area contributed by atoms with Crippen LogP contribution in [0, 0.1) is 11.3 Å². The zero-order chi connectivity index (χ0) is 11.8. The predicted octanol–water partition coefficient (Wildman–Crippen LogP) is 3.22. The quantitative estimate of drug-likeness (QED) is 0.746. The van der Waals surface area contributed by atoms with Crippen molar-refractivity contribution in [2.24, 2.45) is 11.3 Å². The molecule has 2 heteroatoms. The van der Waals surface area contributed by atoms with E-state index in [0.717, 1.165) is 13.0 Å². The van der Waals surface area contributed by atoms with E-state index in [4.69, 9.17) is 0 Å². The van der Waals surface area contributed by atoms with Gasteiger partial charge in [-0.05, 0) is 11.8 Å². The van der Waals surface area contributed by atoms with Crippen LogP contribution in [0.1, 0.15) is 54.9 Å². The maximum atomic E-state index is 11.3. The van der Waals surface area contributed by atoms with Crippen molar-refractivity contribution in [2.75, 3.05) is 6.54 Å². The Morgan fingerprint density at radius 1 is 1.29 bits per heavy atom. The summed E-state index contributed by atoms with van der Waals surface area (Å²) in [6.45, 7) is 15.1. The van der Waals surface area contributed by atoms with Crippen LogP contribution in [0.5, 0.6) is 0 Å². The molecule has 2 nitrogen and oxygen atoms in total. The molecule has 0 radical (unpaired) electrons. The Hall–Kier alpha value is -0.530. The van der Waals surface area contributed by atoms with Gasteiger partial charge in [0, 0.05) is 12.5 Å². The van der Waals surface area contributed by atoms with Crippen molar-refractivity contribution in [2.45, 2.75) is 54.9 Å². The molecule has 0 unspecified atom stereocenters. The van der Waals surface area contributed by atoms with Crippen LogP contribution >= 0.6 is 0 Å². The minimum atomic E-state index is 0.146. The number of rotatable bonds is 3. The van der Waals surface area contributed by atoms with Gasteiger partial charge in [-0.1, -0.05) is 48.5 Å². The summed E-state index contributed by atoms with van der Waals surface area (Å²) in [6.07, 6.45) is 0.913. The van der Waals surface area contributed by atoms with Crippen LogP contribution in [0.4, 0.5) is 0 Å². The fraction of sp³-hybridized carbons (Fsp3) is 0.917. The minimum Gasteiger partial charge on any atom is -0.355 e. The molecule has 86 valence electrons. The van der Waals surface area contributed by atoms with Crippen LogP contribution in [0.3, 0.4) is 0 Å². The minimum absolute atomic E-state index is 0.146. The van der Waals surface area contributed by atoms with E-state index in [1.165, 1.54) is 0 Å². The molecule has 14 heavy (non-hydrogen) atoms. The van der Waals surface area contributed by atoms with Crippen LogP contribution in [-0.2, 0) is 4.79 Å². The zero-order valence-electron chi connectivity index (χ0n) is 10.9. The third-order valence-corrected chi connectivity index (χ3v) is 1.85. The number of carbonyl (C=O) groups is 1. The molecule has 0 spiro atoms. The van der Waals surface area contributed by atoms with Gasteiger partial charge in [0.25, 0.3) is 0 Å². The molecule has 0 saturated heterocycles. The fourth-order valence-electron chi connectivity index (χ4n) is 0.712. The average molecular weight is 201 g/mol. The largest absolute Gasteiger partial charge is 0.355 e. The van der Waals surface area contributed by atoms with Gasteiger partial charge in [-0.3, -0.25) is 4.79 Å². The Morgan fingerprint density at radius 2 is 1.71 bits per heavy atom. The lowest BCUT2D eigenvalue weighted by atomic mass is 9.96. The molecule has 0 rings (SSSR count). The molecule has 0 aliphatic heterocycles. The number of carbonyl (C=O) groups excluding carboxylic acids is 1. The van der Waals surface area contributed by atoms with Gasteiger partial charge in [-0.2, -0.15) is 0 Å².